The Morgan fingerprint density at radius 2 is 2.11 bits per heavy atom. The molecular weight excluding hydrogens is 313 g/mol. The number of thiophene rings is 1. The number of halogens is 2. The zero-order valence-corrected chi connectivity index (χ0v) is 12.5. The van der Waals surface area contributed by atoms with Crippen LogP contribution in [0.5, 0.6) is 0 Å². The van der Waals surface area contributed by atoms with Gasteiger partial charge in [-0.25, -0.2) is 4.39 Å². The van der Waals surface area contributed by atoms with Crippen LogP contribution in [0.4, 0.5) is 4.39 Å². The molecule has 0 spiro atoms. The molecule has 1 nitrogen and oxygen atoms in total. The van der Waals surface area contributed by atoms with Gasteiger partial charge < -0.3 is 5.73 Å². The van der Waals surface area contributed by atoms with Crippen LogP contribution in [0.15, 0.2) is 40.2 Å². The predicted molar refractivity (Wildman–Crippen MR) is 78.4 cm³/mol. The van der Waals surface area contributed by atoms with Crippen LogP contribution in [0.3, 0.4) is 0 Å². The van der Waals surface area contributed by atoms with Crippen LogP contribution >= 0.6 is 27.3 Å². The van der Waals surface area contributed by atoms with E-state index in [0.29, 0.717) is 6.42 Å². The monoisotopic (exact) mass is 327 g/mol. The summed E-state index contributed by atoms with van der Waals surface area (Å²) >= 11 is 5.13. The highest BCUT2D eigenvalue weighted by molar-refractivity contribution is 9.10. The third kappa shape index (κ3) is 3.90. The van der Waals surface area contributed by atoms with Crippen LogP contribution in [0.25, 0.3) is 0 Å². The van der Waals surface area contributed by atoms with E-state index in [0.717, 1.165) is 16.5 Å². The maximum Gasteiger partial charge on any atom is 0.123 e. The lowest BCUT2D eigenvalue weighted by Crippen LogP contribution is -2.40. The molecule has 0 radical (unpaired) electrons. The number of nitrogens with two attached hydrogens (primary N) is 1. The van der Waals surface area contributed by atoms with Crippen LogP contribution in [-0.2, 0) is 12.8 Å². The average molecular weight is 328 g/mol. The second-order valence-corrected chi connectivity index (χ2v) is 6.78. The van der Waals surface area contributed by atoms with E-state index in [1.54, 1.807) is 23.5 Å². The fourth-order valence-electron chi connectivity index (χ4n) is 2.02. The van der Waals surface area contributed by atoms with Crippen LogP contribution in [0, 0.1) is 5.82 Å². The Labute approximate surface area is 119 Å². The zero-order valence-electron chi connectivity index (χ0n) is 10.1. The average Bonchev–Trinajstić information content (AvgIpc) is 2.62. The Bertz CT molecular complexity index is 536. The summed E-state index contributed by atoms with van der Waals surface area (Å²) in [6.07, 6.45) is 1.46. The molecule has 4 heteroatoms. The number of hydrogen-bond donors (Lipinski definition) is 1. The van der Waals surface area contributed by atoms with E-state index in [4.69, 9.17) is 5.73 Å². The summed E-state index contributed by atoms with van der Waals surface area (Å²) in [6, 6.07) is 8.73. The Balaban J connectivity index is 2.07. The topological polar surface area (TPSA) is 26.0 Å². The van der Waals surface area contributed by atoms with Gasteiger partial charge >= 0.3 is 0 Å². The number of rotatable bonds is 4. The molecule has 96 valence electrons. The van der Waals surface area contributed by atoms with Crippen molar-refractivity contribution in [2.24, 2.45) is 5.73 Å². The number of benzene rings is 1. The van der Waals surface area contributed by atoms with Crippen molar-refractivity contribution < 1.29 is 4.39 Å². The molecule has 1 aromatic heterocycles. The van der Waals surface area contributed by atoms with Crippen molar-refractivity contribution in [1.82, 2.24) is 0 Å². The lowest BCUT2D eigenvalue weighted by molar-refractivity contribution is 0.465. The van der Waals surface area contributed by atoms with Crippen molar-refractivity contribution in [2.45, 2.75) is 25.3 Å². The van der Waals surface area contributed by atoms with Crippen molar-refractivity contribution in [3.63, 3.8) is 0 Å². The minimum absolute atomic E-state index is 0.206. The van der Waals surface area contributed by atoms with E-state index >= 15 is 0 Å². The fraction of sp³-hybridized carbons (Fsp3) is 0.286. The van der Waals surface area contributed by atoms with Crippen molar-refractivity contribution >= 4 is 27.3 Å². The standard InChI is InChI=1S/C14H15BrFNS/c1-14(17,8-13-6-11(15)9-18-13)7-10-3-2-4-12(16)5-10/h2-6,9H,7-8,17H2,1H3. The van der Waals surface area contributed by atoms with Crippen LogP contribution in [0.1, 0.15) is 17.4 Å². The van der Waals surface area contributed by atoms with Gasteiger partial charge in [0.25, 0.3) is 0 Å². The second-order valence-electron chi connectivity index (χ2n) is 4.87. The van der Waals surface area contributed by atoms with Gasteiger partial charge in [-0.3, -0.25) is 0 Å². The van der Waals surface area contributed by atoms with E-state index in [9.17, 15) is 4.39 Å². The molecule has 0 aliphatic carbocycles. The van der Waals surface area contributed by atoms with Crippen molar-refractivity contribution in [3.8, 4) is 0 Å². The molecule has 18 heavy (non-hydrogen) atoms. The predicted octanol–water partition coefficient (Wildman–Crippen LogP) is 4.15. The minimum Gasteiger partial charge on any atom is -0.325 e. The largest absolute Gasteiger partial charge is 0.325 e. The van der Waals surface area contributed by atoms with Gasteiger partial charge in [0.15, 0.2) is 0 Å². The Kier molecular flexibility index (Phi) is 4.20. The molecule has 0 aliphatic rings. The SMILES string of the molecule is CC(N)(Cc1cccc(F)c1)Cc1cc(Br)cs1. The van der Waals surface area contributed by atoms with Gasteiger partial charge in [-0.1, -0.05) is 12.1 Å². The van der Waals surface area contributed by atoms with E-state index in [1.807, 2.05) is 18.4 Å². The molecule has 0 saturated heterocycles. The molecule has 1 unspecified atom stereocenters. The first kappa shape index (κ1) is 13.7. The fourth-order valence-corrected chi connectivity index (χ4v) is 3.67. The van der Waals surface area contributed by atoms with Crippen molar-refractivity contribution in [1.29, 1.82) is 0 Å². The van der Waals surface area contributed by atoms with E-state index in [-0.39, 0.29) is 11.4 Å². The summed E-state index contributed by atoms with van der Waals surface area (Å²) in [6.45, 7) is 2.01. The maximum absolute atomic E-state index is 13.1. The van der Waals surface area contributed by atoms with E-state index in [2.05, 4.69) is 22.0 Å². The molecule has 1 atom stereocenters. The maximum atomic E-state index is 13.1. The molecule has 2 N–H and O–H groups in total. The summed E-state index contributed by atoms with van der Waals surface area (Å²) in [7, 11) is 0. The van der Waals surface area contributed by atoms with Gasteiger partial charge in [0, 0.05) is 20.3 Å². The van der Waals surface area contributed by atoms with Crippen LogP contribution in [0.2, 0.25) is 0 Å². The molecular formula is C14H15BrFNS. The molecule has 0 saturated carbocycles. The second kappa shape index (κ2) is 5.51. The summed E-state index contributed by atoms with van der Waals surface area (Å²) < 4.78 is 14.2. The first-order chi connectivity index (χ1) is 8.44. The van der Waals surface area contributed by atoms with Gasteiger partial charge in [0.05, 0.1) is 0 Å². The molecule has 1 heterocycles. The van der Waals surface area contributed by atoms with Crippen molar-refractivity contribution in [2.75, 3.05) is 0 Å². The van der Waals surface area contributed by atoms with Gasteiger partial charge in [-0.05, 0) is 59.5 Å². The quantitative estimate of drug-likeness (QED) is 0.896. The summed E-state index contributed by atoms with van der Waals surface area (Å²) in [5.41, 5.74) is 6.89. The van der Waals surface area contributed by atoms with Crippen LogP contribution in [-0.4, -0.2) is 5.54 Å². The summed E-state index contributed by atoms with van der Waals surface area (Å²) in [5.74, 6) is -0.206. The summed E-state index contributed by atoms with van der Waals surface area (Å²) in [4.78, 5) is 1.24. The molecule has 0 aliphatic heterocycles. The summed E-state index contributed by atoms with van der Waals surface area (Å²) in [5, 5.41) is 2.05. The highest BCUT2D eigenvalue weighted by Crippen LogP contribution is 2.24. The van der Waals surface area contributed by atoms with E-state index < -0.39 is 0 Å². The Morgan fingerprint density at radius 3 is 2.72 bits per heavy atom. The zero-order chi connectivity index (χ0) is 13.2. The molecule has 0 bridgehead atoms. The molecule has 0 amide bonds. The highest BCUT2D eigenvalue weighted by Gasteiger charge is 2.20. The highest BCUT2D eigenvalue weighted by atomic mass is 79.9. The van der Waals surface area contributed by atoms with Gasteiger partial charge in [-0.2, -0.15) is 0 Å². The molecule has 0 fully saturated rings. The first-order valence-corrected chi connectivity index (χ1v) is 7.38. The first-order valence-electron chi connectivity index (χ1n) is 5.71. The number of hydrogen-bond acceptors (Lipinski definition) is 2. The van der Waals surface area contributed by atoms with E-state index in [1.165, 1.54) is 10.9 Å². The Hall–Kier alpha value is -0.710. The van der Waals surface area contributed by atoms with Gasteiger partial charge in [0.2, 0.25) is 0 Å². The third-order valence-electron chi connectivity index (χ3n) is 2.70. The normalized spacial score (nSPS) is 14.4. The van der Waals surface area contributed by atoms with Gasteiger partial charge in [-0.15, -0.1) is 11.3 Å². The smallest absolute Gasteiger partial charge is 0.123 e. The molecule has 2 rings (SSSR count). The third-order valence-corrected chi connectivity index (χ3v) is 4.39. The Morgan fingerprint density at radius 1 is 1.33 bits per heavy atom. The molecule has 2 aromatic rings. The lowest BCUT2D eigenvalue weighted by Gasteiger charge is -2.24. The molecule has 1 aromatic carbocycles. The van der Waals surface area contributed by atoms with Crippen molar-refractivity contribution in [3.05, 3.63) is 56.4 Å². The van der Waals surface area contributed by atoms with Gasteiger partial charge in [0.1, 0.15) is 5.82 Å². The minimum atomic E-state index is -0.363. The lowest BCUT2D eigenvalue weighted by atomic mass is 9.90. The van der Waals surface area contributed by atoms with Crippen LogP contribution < -0.4 is 5.73 Å².